The summed E-state index contributed by atoms with van der Waals surface area (Å²) in [5.41, 5.74) is 1.28. The summed E-state index contributed by atoms with van der Waals surface area (Å²) in [5.74, 6) is 0.640. The van der Waals surface area contributed by atoms with Crippen LogP contribution in [0, 0.1) is 13.8 Å². The molecule has 1 aliphatic rings. The molecule has 27 heavy (non-hydrogen) atoms. The van der Waals surface area contributed by atoms with E-state index in [-0.39, 0.29) is 11.9 Å². The normalized spacial score (nSPS) is 15.2. The number of amides is 3. The van der Waals surface area contributed by atoms with E-state index in [1.807, 2.05) is 22.4 Å². The third-order valence-corrected chi connectivity index (χ3v) is 6.77. The average Bonchev–Trinajstić information content (AvgIpc) is 3.26. The second-order valence-electron chi connectivity index (χ2n) is 6.52. The van der Waals surface area contributed by atoms with Crippen LogP contribution in [0.25, 0.3) is 9.40 Å². The highest BCUT2D eigenvalue weighted by molar-refractivity contribution is 7.27. The van der Waals surface area contributed by atoms with Crippen molar-refractivity contribution in [3.05, 3.63) is 33.8 Å². The smallest absolute Gasteiger partial charge is 0.322 e. The Kier molecular flexibility index (Phi) is 4.88. The Bertz CT molecular complexity index is 942. The second-order valence-corrected chi connectivity index (χ2v) is 8.55. The third-order valence-electron chi connectivity index (χ3n) is 4.69. The van der Waals surface area contributed by atoms with Crippen molar-refractivity contribution in [3.63, 3.8) is 0 Å². The van der Waals surface area contributed by atoms with Gasteiger partial charge >= 0.3 is 6.03 Å². The van der Waals surface area contributed by atoms with E-state index in [1.54, 1.807) is 30.1 Å². The molecule has 0 radical (unpaired) electrons. The van der Waals surface area contributed by atoms with E-state index in [0.717, 1.165) is 20.7 Å². The highest BCUT2D eigenvalue weighted by Gasteiger charge is 2.25. The number of nitrogens with zero attached hydrogens (tertiary/aromatic N) is 3. The molecule has 0 aliphatic carbocycles. The predicted octanol–water partition coefficient (Wildman–Crippen LogP) is 3.95. The van der Waals surface area contributed by atoms with Crippen LogP contribution in [-0.2, 0) is 0 Å². The minimum Gasteiger partial charge on any atom is -0.359 e. The summed E-state index contributed by atoms with van der Waals surface area (Å²) in [4.78, 5) is 29.8. The van der Waals surface area contributed by atoms with Gasteiger partial charge in [-0.2, -0.15) is 0 Å². The van der Waals surface area contributed by atoms with Gasteiger partial charge in [-0.3, -0.25) is 4.79 Å². The topological polar surface area (TPSA) is 78.7 Å². The molecule has 0 spiro atoms. The van der Waals surface area contributed by atoms with Crippen molar-refractivity contribution < 1.29 is 14.1 Å². The molecule has 9 heteroatoms. The van der Waals surface area contributed by atoms with Gasteiger partial charge in [-0.25, -0.2) is 4.79 Å². The molecular weight excluding hydrogens is 384 g/mol. The van der Waals surface area contributed by atoms with E-state index in [4.69, 9.17) is 4.52 Å². The maximum absolute atomic E-state index is 12.8. The van der Waals surface area contributed by atoms with Crippen molar-refractivity contribution >= 4 is 49.7 Å². The van der Waals surface area contributed by atoms with Crippen LogP contribution in [0.3, 0.4) is 0 Å². The lowest BCUT2D eigenvalue weighted by Gasteiger charge is -2.22. The van der Waals surface area contributed by atoms with E-state index >= 15 is 0 Å². The fourth-order valence-corrected chi connectivity index (χ4v) is 5.27. The van der Waals surface area contributed by atoms with Crippen LogP contribution >= 0.6 is 22.7 Å². The number of hydrogen-bond donors (Lipinski definition) is 1. The third kappa shape index (κ3) is 3.57. The van der Waals surface area contributed by atoms with Gasteiger partial charge in [-0.1, -0.05) is 5.16 Å². The molecular formula is C18H20N4O3S2. The van der Waals surface area contributed by atoms with Crippen molar-refractivity contribution in [2.75, 3.05) is 31.5 Å². The van der Waals surface area contributed by atoms with E-state index in [0.29, 0.717) is 43.3 Å². The van der Waals surface area contributed by atoms with E-state index in [2.05, 4.69) is 10.5 Å². The fraction of sp³-hybridized carbons (Fsp3) is 0.389. The van der Waals surface area contributed by atoms with Gasteiger partial charge in [0.15, 0.2) is 5.76 Å². The van der Waals surface area contributed by atoms with Crippen molar-refractivity contribution in [2.24, 2.45) is 0 Å². The lowest BCUT2D eigenvalue weighted by atomic mass is 10.3. The van der Waals surface area contributed by atoms with Crippen molar-refractivity contribution in [1.82, 2.24) is 15.0 Å². The number of anilines is 1. The van der Waals surface area contributed by atoms with Gasteiger partial charge in [0.2, 0.25) is 0 Å². The van der Waals surface area contributed by atoms with Crippen LogP contribution in [0.4, 0.5) is 10.5 Å². The summed E-state index contributed by atoms with van der Waals surface area (Å²) in [6, 6.07) is 3.83. The van der Waals surface area contributed by atoms with Crippen LogP contribution in [0.2, 0.25) is 0 Å². The molecule has 4 rings (SSSR count). The Labute approximate surface area is 164 Å². The molecule has 0 aromatic carbocycles. The maximum Gasteiger partial charge on any atom is 0.322 e. The molecule has 1 aliphatic heterocycles. The highest BCUT2D eigenvalue weighted by atomic mass is 32.1. The summed E-state index contributed by atoms with van der Waals surface area (Å²) in [6.07, 6.45) is 0.750. The first-order valence-corrected chi connectivity index (χ1v) is 10.5. The zero-order valence-corrected chi connectivity index (χ0v) is 16.8. The molecule has 1 fully saturated rings. The van der Waals surface area contributed by atoms with Crippen molar-refractivity contribution in [3.8, 4) is 0 Å². The van der Waals surface area contributed by atoms with Gasteiger partial charge in [0.25, 0.3) is 5.91 Å². The number of nitrogens with one attached hydrogen (secondary N) is 1. The number of carbonyl (C=O) groups is 2. The van der Waals surface area contributed by atoms with Crippen LogP contribution in [0.15, 0.2) is 22.0 Å². The monoisotopic (exact) mass is 404 g/mol. The lowest BCUT2D eigenvalue weighted by Crippen LogP contribution is -2.39. The molecule has 3 aromatic heterocycles. The van der Waals surface area contributed by atoms with E-state index < -0.39 is 0 Å². The lowest BCUT2D eigenvalue weighted by molar-refractivity contribution is 0.0767. The summed E-state index contributed by atoms with van der Waals surface area (Å²) < 4.78 is 7.39. The predicted molar refractivity (Wildman–Crippen MR) is 107 cm³/mol. The standard InChI is InChI=1S/C18H20N4O3S2/c1-11-16(12(2)25-20-11)19-18(24)22-6-3-5-21(7-8-22)17(23)15-10-14-13(27-15)4-9-26-14/h4,9-10H,3,5-8H2,1-2H3,(H,19,24). The first-order chi connectivity index (χ1) is 13.0. The molecule has 1 saturated heterocycles. The number of rotatable bonds is 2. The quantitative estimate of drug-likeness (QED) is 0.701. The van der Waals surface area contributed by atoms with Gasteiger partial charge in [0.1, 0.15) is 11.4 Å². The second kappa shape index (κ2) is 7.32. The first-order valence-electron chi connectivity index (χ1n) is 8.78. The number of aromatic nitrogens is 1. The van der Waals surface area contributed by atoms with Gasteiger partial charge in [-0.05, 0) is 37.8 Å². The highest BCUT2D eigenvalue weighted by Crippen LogP contribution is 2.31. The molecule has 4 heterocycles. The Balaban J connectivity index is 1.40. The van der Waals surface area contributed by atoms with Crippen LogP contribution in [-0.4, -0.2) is 53.1 Å². The molecule has 0 unspecified atom stereocenters. The Morgan fingerprint density at radius 3 is 2.67 bits per heavy atom. The number of aryl methyl sites for hydroxylation is 2. The summed E-state index contributed by atoms with van der Waals surface area (Å²) in [6.45, 7) is 5.85. The van der Waals surface area contributed by atoms with Crippen LogP contribution < -0.4 is 5.32 Å². The molecule has 142 valence electrons. The Morgan fingerprint density at radius 2 is 1.93 bits per heavy atom. The zero-order chi connectivity index (χ0) is 19.0. The number of hydrogen-bond acceptors (Lipinski definition) is 6. The van der Waals surface area contributed by atoms with Crippen molar-refractivity contribution in [2.45, 2.75) is 20.3 Å². The summed E-state index contributed by atoms with van der Waals surface area (Å²) in [5, 5.41) is 8.77. The molecule has 0 saturated carbocycles. The zero-order valence-electron chi connectivity index (χ0n) is 15.2. The van der Waals surface area contributed by atoms with Crippen LogP contribution in [0.5, 0.6) is 0 Å². The van der Waals surface area contributed by atoms with Gasteiger partial charge in [0.05, 0.1) is 4.88 Å². The van der Waals surface area contributed by atoms with E-state index in [1.165, 1.54) is 11.3 Å². The minimum absolute atomic E-state index is 0.0522. The number of carbonyl (C=O) groups excluding carboxylic acids is 2. The first kappa shape index (κ1) is 18.0. The largest absolute Gasteiger partial charge is 0.359 e. The summed E-state index contributed by atoms with van der Waals surface area (Å²) >= 11 is 3.18. The molecule has 3 amide bonds. The summed E-state index contributed by atoms with van der Waals surface area (Å²) in [7, 11) is 0. The fourth-order valence-electron chi connectivity index (χ4n) is 3.20. The molecule has 1 N–H and O–H groups in total. The molecule has 3 aromatic rings. The average molecular weight is 405 g/mol. The Morgan fingerprint density at radius 1 is 1.15 bits per heavy atom. The molecule has 0 bridgehead atoms. The molecule has 7 nitrogen and oxygen atoms in total. The SMILES string of the molecule is Cc1noc(C)c1NC(=O)N1CCCN(C(=O)c2cc3sccc3s2)CC1. The number of urea groups is 1. The number of thiophene rings is 2. The van der Waals surface area contributed by atoms with E-state index in [9.17, 15) is 9.59 Å². The van der Waals surface area contributed by atoms with Crippen molar-refractivity contribution in [1.29, 1.82) is 0 Å². The molecule has 0 atom stereocenters. The van der Waals surface area contributed by atoms with Gasteiger partial charge in [-0.15, -0.1) is 22.7 Å². The minimum atomic E-state index is -0.185. The van der Waals surface area contributed by atoms with Gasteiger partial charge in [0, 0.05) is 35.6 Å². The number of fused-ring (bicyclic) bond motifs is 1. The van der Waals surface area contributed by atoms with Crippen LogP contribution in [0.1, 0.15) is 27.5 Å². The maximum atomic E-state index is 12.8. The van der Waals surface area contributed by atoms with Gasteiger partial charge < -0.3 is 19.6 Å². The Hall–Kier alpha value is -2.39.